The number of carbonyl (C=O) groups excluding carboxylic acids is 2. The minimum atomic E-state index is -0.459. The number of likely N-dealkylation sites (N-methyl/N-ethyl adjacent to an activating group) is 1. The van der Waals surface area contributed by atoms with E-state index in [1.165, 1.54) is 4.90 Å². The molecule has 0 aliphatic carbocycles. The van der Waals surface area contributed by atoms with Crippen LogP contribution in [0.1, 0.15) is 6.42 Å². The molecule has 0 radical (unpaired) electrons. The fourth-order valence-corrected chi connectivity index (χ4v) is 2.66. The Labute approximate surface area is 134 Å². The molecule has 6 nitrogen and oxygen atoms in total. The van der Waals surface area contributed by atoms with Gasteiger partial charge in [-0.25, -0.2) is 9.78 Å². The summed E-state index contributed by atoms with van der Waals surface area (Å²) in [6.07, 6.45) is 2.22. The lowest BCUT2D eigenvalue weighted by Crippen LogP contribution is -2.44. The summed E-state index contributed by atoms with van der Waals surface area (Å²) < 4.78 is 0. The van der Waals surface area contributed by atoms with Gasteiger partial charge in [-0.1, -0.05) is 24.3 Å². The molecule has 1 aliphatic rings. The van der Waals surface area contributed by atoms with E-state index >= 15 is 0 Å². The summed E-state index contributed by atoms with van der Waals surface area (Å²) in [7, 11) is 1.63. The monoisotopic (exact) mass is 310 g/mol. The van der Waals surface area contributed by atoms with Gasteiger partial charge in [0.15, 0.2) is 0 Å². The number of nitrogens with zero attached hydrogens (tertiary/aromatic N) is 3. The van der Waals surface area contributed by atoms with E-state index in [-0.39, 0.29) is 11.9 Å². The van der Waals surface area contributed by atoms with Crippen molar-refractivity contribution in [2.75, 3.05) is 23.8 Å². The molecule has 118 valence electrons. The van der Waals surface area contributed by atoms with Gasteiger partial charge in [0.25, 0.3) is 0 Å². The van der Waals surface area contributed by atoms with E-state index in [0.717, 1.165) is 5.69 Å². The van der Waals surface area contributed by atoms with Crippen LogP contribution in [0, 0.1) is 0 Å². The van der Waals surface area contributed by atoms with E-state index in [1.807, 2.05) is 30.3 Å². The molecule has 1 aromatic heterocycles. The fourth-order valence-electron chi connectivity index (χ4n) is 2.66. The van der Waals surface area contributed by atoms with Crippen molar-refractivity contribution < 1.29 is 9.59 Å². The SMILES string of the molecule is CN(C(=O)Nc1ccccn1)[C@@H]1CCN(c2ccccc2)C1=O. The average Bonchev–Trinajstić information content (AvgIpc) is 2.97. The minimum Gasteiger partial charge on any atom is -0.315 e. The van der Waals surface area contributed by atoms with Gasteiger partial charge in [-0.05, 0) is 30.7 Å². The van der Waals surface area contributed by atoms with Gasteiger partial charge in [0.05, 0.1) is 0 Å². The van der Waals surface area contributed by atoms with Crippen molar-refractivity contribution in [1.82, 2.24) is 9.88 Å². The molecule has 2 aromatic rings. The van der Waals surface area contributed by atoms with Gasteiger partial charge in [0, 0.05) is 25.5 Å². The number of pyridine rings is 1. The number of anilines is 2. The van der Waals surface area contributed by atoms with Gasteiger partial charge < -0.3 is 9.80 Å². The Kier molecular flexibility index (Phi) is 4.23. The highest BCUT2D eigenvalue weighted by atomic mass is 16.2. The van der Waals surface area contributed by atoms with Gasteiger partial charge in [0.2, 0.25) is 5.91 Å². The van der Waals surface area contributed by atoms with E-state index < -0.39 is 6.04 Å². The van der Waals surface area contributed by atoms with E-state index in [2.05, 4.69) is 10.3 Å². The number of benzene rings is 1. The standard InChI is InChI=1S/C17H18N4O2/c1-20(17(23)19-15-9-5-6-11-18-15)14-10-12-21(16(14)22)13-7-3-2-4-8-13/h2-9,11,14H,10,12H2,1H3,(H,18,19,23)/t14-/m1/s1. The molecule has 1 saturated heterocycles. The summed E-state index contributed by atoms with van der Waals surface area (Å²) in [6, 6.07) is 14.0. The third-order valence-corrected chi connectivity index (χ3v) is 3.93. The van der Waals surface area contributed by atoms with Crippen LogP contribution in [0.4, 0.5) is 16.3 Å². The summed E-state index contributed by atoms with van der Waals surface area (Å²) in [5.41, 5.74) is 0.860. The van der Waals surface area contributed by atoms with E-state index in [0.29, 0.717) is 18.8 Å². The van der Waals surface area contributed by atoms with E-state index in [9.17, 15) is 9.59 Å². The molecule has 0 bridgehead atoms. The molecule has 1 fully saturated rings. The van der Waals surface area contributed by atoms with Crippen molar-refractivity contribution in [1.29, 1.82) is 0 Å². The highest BCUT2D eigenvalue weighted by molar-refractivity contribution is 6.02. The molecule has 1 aliphatic heterocycles. The topological polar surface area (TPSA) is 65.5 Å². The number of aromatic nitrogens is 1. The number of para-hydroxylation sites is 1. The second kappa shape index (κ2) is 6.48. The Hall–Kier alpha value is -2.89. The molecule has 1 atom stereocenters. The number of hydrogen-bond acceptors (Lipinski definition) is 3. The van der Waals surface area contributed by atoms with Crippen molar-refractivity contribution in [3.05, 3.63) is 54.7 Å². The third-order valence-electron chi connectivity index (χ3n) is 3.93. The molecular weight excluding hydrogens is 292 g/mol. The van der Waals surface area contributed by atoms with Crippen molar-refractivity contribution in [3.63, 3.8) is 0 Å². The lowest BCUT2D eigenvalue weighted by molar-refractivity contribution is -0.120. The minimum absolute atomic E-state index is 0.0603. The molecule has 0 saturated carbocycles. The zero-order valence-corrected chi connectivity index (χ0v) is 12.8. The lowest BCUT2D eigenvalue weighted by Gasteiger charge is -2.24. The summed E-state index contributed by atoms with van der Waals surface area (Å²) in [6.45, 7) is 0.606. The average molecular weight is 310 g/mol. The Bertz CT molecular complexity index is 690. The van der Waals surface area contributed by atoms with Crippen molar-refractivity contribution in [2.45, 2.75) is 12.5 Å². The van der Waals surface area contributed by atoms with Gasteiger partial charge in [-0.3, -0.25) is 10.1 Å². The first-order valence-electron chi connectivity index (χ1n) is 7.48. The molecule has 6 heteroatoms. The second-order valence-electron chi connectivity index (χ2n) is 5.39. The van der Waals surface area contributed by atoms with Crippen LogP contribution in [-0.2, 0) is 4.79 Å². The summed E-state index contributed by atoms with van der Waals surface area (Å²) >= 11 is 0. The Morgan fingerprint density at radius 1 is 1.22 bits per heavy atom. The van der Waals surface area contributed by atoms with Crippen LogP contribution in [0.5, 0.6) is 0 Å². The predicted octanol–water partition coefficient (Wildman–Crippen LogP) is 2.35. The maximum absolute atomic E-state index is 12.6. The maximum Gasteiger partial charge on any atom is 0.323 e. The fraction of sp³-hybridized carbons (Fsp3) is 0.235. The number of nitrogens with one attached hydrogen (secondary N) is 1. The molecule has 3 amide bonds. The maximum atomic E-state index is 12.6. The molecule has 2 heterocycles. The number of rotatable bonds is 3. The number of hydrogen-bond donors (Lipinski definition) is 1. The van der Waals surface area contributed by atoms with Gasteiger partial charge in [-0.15, -0.1) is 0 Å². The molecule has 3 rings (SSSR count). The summed E-state index contributed by atoms with van der Waals surface area (Å²) in [4.78, 5) is 32.1. The highest BCUT2D eigenvalue weighted by Gasteiger charge is 2.37. The van der Waals surface area contributed by atoms with Gasteiger partial charge in [0.1, 0.15) is 11.9 Å². The number of carbonyl (C=O) groups is 2. The number of urea groups is 1. The first-order valence-corrected chi connectivity index (χ1v) is 7.48. The molecule has 1 N–H and O–H groups in total. The van der Waals surface area contributed by atoms with E-state index in [1.54, 1.807) is 36.3 Å². The molecule has 0 spiro atoms. The van der Waals surface area contributed by atoms with Gasteiger partial charge in [-0.2, -0.15) is 0 Å². The van der Waals surface area contributed by atoms with Crippen LogP contribution in [0.3, 0.4) is 0 Å². The first-order chi connectivity index (χ1) is 11.2. The number of amides is 3. The molecular formula is C17H18N4O2. The normalized spacial score (nSPS) is 17.2. The molecule has 23 heavy (non-hydrogen) atoms. The van der Waals surface area contributed by atoms with Crippen LogP contribution < -0.4 is 10.2 Å². The first kappa shape index (κ1) is 15.0. The van der Waals surface area contributed by atoms with Crippen LogP contribution in [-0.4, -0.2) is 41.5 Å². The third kappa shape index (κ3) is 3.15. The smallest absolute Gasteiger partial charge is 0.315 e. The summed E-state index contributed by atoms with van der Waals surface area (Å²) in [5, 5.41) is 2.70. The molecule has 0 unspecified atom stereocenters. The largest absolute Gasteiger partial charge is 0.323 e. The lowest BCUT2D eigenvalue weighted by atomic mass is 10.2. The Balaban J connectivity index is 1.67. The van der Waals surface area contributed by atoms with Crippen LogP contribution in [0.15, 0.2) is 54.7 Å². The zero-order valence-electron chi connectivity index (χ0n) is 12.8. The van der Waals surface area contributed by atoms with E-state index in [4.69, 9.17) is 0 Å². The van der Waals surface area contributed by atoms with Crippen LogP contribution in [0.25, 0.3) is 0 Å². The highest BCUT2D eigenvalue weighted by Crippen LogP contribution is 2.23. The van der Waals surface area contributed by atoms with Crippen LogP contribution in [0.2, 0.25) is 0 Å². The zero-order chi connectivity index (χ0) is 16.2. The summed E-state index contributed by atoms with van der Waals surface area (Å²) in [5.74, 6) is 0.407. The second-order valence-corrected chi connectivity index (χ2v) is 5.39. The van der Waals surface area contributed by atoms with Gasteiger partial charge >= 0.3 is 6.03 Å². The van der Waals surface area contributed by atoms with Crippen molar-refractivity contribution >= 4 is 23.4 Å². The quantitative estimate of drug-likeness (QED) is 0.946. The predicted molar refractivity (Wildman–Crippen MR) is 88.2 cm³/mol. The Morgan fingerprint density at radius 2 is 1.96 bits per heavy atom. The van der Waals surface area contributed by atoms with Crippen molar-refractivity contribution in [3.8, 4) is 0 Å². The van der Waals surface area contributed by atoms with Crippen molar-refractivity contribution in [2.24, 2.45) is 0 Å². The van der Waals surface area contributed by atoms with Crippen LogP contribution >= 0.6 is 0 Å². The molecule has 1 aromatic carbocycles. The Morgan fingerprint density at radius 3 is 2.65 bits per heavy atom.